The molecule has 1 aromatic rings. The van der Waals surface area contributed by atoms with Gasteiger partial charge in [0.2, 0.25) is 5.91 Å². The van der Waals surface area contributed by atoms with Crippen LogP contribution in [0.4, 0.5) is 5.69 Å². The standard InChI is InChI=1S/C15H19BrN2O3/c1-15(4-2-3-13(15)17)14(19)18-10-8-12-11(7-9(10)16)20-5-6-21-12/h7-8,13H,2-6,17H2,1H3,(H,18,19). The molecule has 1 saturated carbocycles. The van der Waals surface area contributed by atoms with E-state index in [1.54, 1.807) is 6.07 Å². The van der Waals surface area contributed by atoms with Crippen molar-refractivity contribution in [2.24, 2.45) is 11.1 Å². The van der Waals surface area contributed by atoms with Crippen LogP contribution in [0.1, 0.15) is 26.2 Å². The number of carbonyl (C=O) groups is 1. The molecule has 0 bridgehead atoms. The lowest BCUT2D eigenvalue weighted by Crippen LogP contribution is -2.44. The summed E-state index contributed by atoms with van der Waals surface area (Å²) in [5.41, 5.74) is 6.28. The smallest absolute Gasteiger partial charge is 0.231 e. The lowest BCUT2D eigenvalue weighted by atomic mass is 9.84. The van der Waals surface area contributed by atoms with Gasteiger partial charge in [0.25, 0.3) is 0 Å². The Morgan fingerprint density at radius 2 is 2.05 bits per heavy atom. The molecule has 1 fully saturated rings. The number of benzene rings is 1. The van der Waals surface area contributed by atoms with Crippen LogP contribution >= 0.6 is 15.9 Å². The first kappa shape index (κ1) is 14.7. The maximum Gasteiger partial charge on any atom is 0.231 e. The second-order valence-corrected chi connectivity index (χ2v) is 6.70. The first-order chi connectivity index (χ1) is 10.0. The van der Waals surface area contributed by atoms with Crippen molar-refractivity contribution in [2.45, 2.75) is 32.2 Å². The monoisotopic (exact) mass is 354 g/mol. The molecule has 3 rings (SSSR count). The molecule has 114 valence electrons. The van der Waals surface area contributed by atoms with Gasteiger partial charge in [-0.1, -0.05) is 6.42 Å². The van der Waals surface area contributed by atoms with Crippen molar-refractivity contribution < 1.29 is 14.3 Å². The highest BCUT2D eigenvalue weighted by atomic mass is 79.9. The summed E-state index contributed by atoms with van der Waals surface area (Å²) in [5.74, 6) is 1.31. The molecule has 2 aliphatic rings. The lowest BCUT2D eigenvalue weighted by Gasteiger charge is -2.28. The van der Waals surface area contributed by atoms with Gasteiger partial charge in [-0.25, -0.2) is 0 Å². The maximum absolute atomic E-state index is 12.6. The van der Waals surface area contributed by atoms with Gasteiger partial charge in [0.1, 0.15) is 13.2 Å². The Labute approximate surface area is 132 Å². The van der Waals surface area contributed by atoms with Crippen molar-refractivity contribution in [1.29, 1.82) is 0 Å². The first-order valence-corrected chi connectivity index (χ1v) is 7.96. The molecule has 1 amide bonds. The SMILES string of the molecule is CC1(C(=O)Nc2cc3c(cc2Br)OCCO3)CCCC1N. The van der Waals surface area contributed by atoms with E-state index in [0.717, 1.165) is 23.7 Å². The summed E-state index contributed by atoms with van der Waals surface area (Å²) in [4.78, 5) is 12.6. The quantitative estimate of drug-likeness (QED) is 0.856. The van der Waals surface area contributed by atoms with Gasteiger partial charge in [-0.3, -0.25) is 4.79 Å². The van der Waals surface area contributed by atoms with Crippen molar-refractivity contribution in [3.63, 3.8) is 0 Å². The normalized spacial score (nSPS) is 27.5. The highest BCUT2D eigenvalue weighted by Crippen LogP contribution is 2.41. The molecule has 3 N–H and O–H groups in total. The predicted molar refractivity (Wildman–Crippen MR) is 83.7 cm³/mol. The van der Waals surface area contributed by atoms with Crippen molar-refractivity contribution in [2.75, 3.05) is 18.5 Å². The molecule has 1 aromatic carbocycles. The Morgan fingerprint density at radius 3 is 2.67 bits per heavy atom. The Bertz CT molecular complexity index is 578. The minimum Gasteiger partial charge on any atom is -0.486 e. The van der Waals surface area contributed by atoms with Crippen molar-refractivity contribution in [1.82, 2.24) is 0 Å². The van der Waals surface area contributed by atoms with E-state index in [0.29, 0.717) is 30.4 Å². The van der Waals surface area contributed by atoms with Crippen LogP contribution in [-0.4, -0.2) is 25.2 Å². The van der Waals surface area contributed by atoms with Gasteiger partial charge in [0.15, 0.2) is 11.5 Å². The molecule has 1 heterocycles. The molecule has 1 aliphatic heterocycles. The summed E-state index contributed by atoms with van der Waals surface area (Å²) in [7, 11) is 0. The highest BCUT2D eigenvalue weighted by Gasteiger charge is 2.43. The van der Waals surface area contributed by atoms with E-state index in [1.807, 2.05) is 13.0 Å². The Balaban J connectivity index is 1.83. The van der Waals surface area contributed by atoms with E-state index < -0.39 is 5.41 Å². The van der Waals surface area contributed by atoms with Crippen molar-refractivity contribution in [3.05, 3.63) is 16.6 Å². The third-order valence-electron chi connectivity index (χ3n) is 4.43. The number of carbonyl (C=O) groups excluding carboxylic acids is 1. The summed E-state index contributed by atoms with van der Waals surface area (Å²) in [5, 5.41) is 2.97. The summed E-state index contributed by atoms with van der Waals surface area (Å²) in [6.45, 7) is 2.99. The second-order valence-electron chi connectivity index (χ2n) is 5.85. The maximum atomic E-state index is 12.6. The molecule has 0 spiro atoms. The zero-order valence-electron chi connectivity index (χ0n) is 11.9. The molecule has 5 nitrogen and oxygen atoms in total. The van der Waals surface area contributed by atoms with Gasteiger partial charge >= 0.3 is 0 Å². The van der Waals surface area contributed by atoms with Gasteiger partial charge < -0.3 is 20.5 Å². The number of hydrogen-bond donors (Lipinski definition) is 2. The summed E-state index contributed by atoms with van der Waals surface area (Å²) in [6.07, 6.45) is 2.71. The fourth-order valence-corrected chi connectivity index (χ4v) is 3.32. The molecule has 0 radical (unpaired) electrons. The number of amides is 1. The largest absolute Gasteiger partial charge is 0.486 e. The number of rotatable bonds is 2. The van der Waals surface area contributed by atoms with E-state index >= 15 is 0 Å². The fraction of sp³-hybridized carbons (Fsp3) is 0.533. The molecule has 21 heavy (non-hydrogen) atoms. The Hall–Kier alpha value is -1.27. The molecule has 1 aliphatic carbocycles. The van der Waals surface area contributed by atoms with E-state index in [1.165, 1.54) is 0 Å². The highest BCUT2D eigenvalue weighted by molar-refractivity contribution is 9.10. The number of nitrogens with one attached hydrogen (secondary N) is 1. The Morgan fingerprint density at radius 1 is 1.38 bits per heavy atom. The number of anilines is 1. The summed E-state index contributed by atoms with van der Waals surface area (Å²) in [6, 6.07) is 3.52. The molecule has 0 aromatic heterocycles. The first-order valence-electron chi connectivity index (χ1n) is 7.17. The molecular formula is C15H19BrN2O3. The van der Waals surface area contributed by atoms with Crippen LogP contribution < -0.4 is 20.5 Å². The number of halogens is 1. The van der Waals surface area contributed by atoms with Gasteiger partial charge in [-0.15, -0.1) is 0 Å². The van der Waals surface area contributed by atoms with E-state index in [2.05, 4.69) is 21.2 Å². The molecule has 0 saturated heterocycles. The van der Waals surface area contributed by atoms with Crippen LogP contribution in [-0.2, 0) is 4.79 Å². The van der Waals surface area contributed by atoms with Gasteiger partial charge in [-0.2, -0.15) is 0 Å². The minimum absolute atomic E-state index is 0.0372. The van der Waals surface area contributed by atoms with Crippen LogP contribution in [0.3, 0.4) is 0 Å². The topological polar surface area (TPSA) is 73.6 Å². The third-order valence-corrected chi connectivity index (χ3v) is 5.08. The van der Waals surface area contributed by atoms with Gasteiger partial charge in [0.05, 0.1) is 11.1 Å². The van der Waals surface area contributed by atoms with Crippen molar-refractivity contribution in [3.8, 4) is 11.5 Å². The van der Waals surface area contributed by atoms with E-state index in [-0.39, 0.29) is 11.9 Å². The zero-order valence-corrected chi connectivity index (χ0v) is 13.5. The molecular weight excluding hydrogens is 336 g/mol. The number of fused-ring (bicyclic) bond motifs is 1. The molecule has 6 heteroatoms. The Kier molecular flexibility index (Phi) is 3.84. The van der Waals surface area contributed by atoms with E-state index in [4.69, 9.17) is 15.2 Å². The average molecular weight is 355 g/mol. The van der Waals surface area contributed by atoms with Crippen LogP contribution in [0, 0.1) is 5.41 Å². The number of hydrogen-bond acceptors (Lipinski definition) is 4. The fourth-order valence-electron chi connectivity index (χ4n) is 2.90. The van der Waals surface area contributed by atoms with Gasteiger partial charge in [-0.05, 0) is 35.7 Å². The third kappa shape index (κ3) is 2.62. The predicted octanol–water partition coefficient (Wildman–Crippen LogP) is 2.68. The number of nitrogens with two attached hydrogens (primary N) is 1. The van der Waals surface area contributed by atoms with Crippen LogP contribution in [0.15, 0.2) is 16.6 Å². The van der Waals surface area contributed by atoms with Crippen LogP contribution in [0.2, 0.25) is 0 Å². The van der Waals surface area contributed by atoms with Gasteiger partial charge in [0, 0.05) is 22.6 Å². The minimum atomic E-state index is -0.507. The summed E-state index contributed by atoms with van der Waals surface area (Å²) < 4.78 is 11.8. The summed E-state index contributed by atoms with van der Waals surface area (Å²) >= 11 is 3.46. The average Bonchev–Trinajstić information content (AvgIpc) is 2.81. The zero-order chi connectivity index (χ0) is 15.0. The second kappa shape index (κ2) is 5.50. The van der Waals surface area contributed by atoms with Crippen LogP contribution in [0.25, 0.3) is 0 Å². The van der Waals surface area contributed by atoms with Crippen LogP contribution in [0.5, 0.6) is 11.5 Å². The van der Waals surface area contributed by atoms with E-state index in [9.17, 15) is 4.79 Å². The van der Waals surface area contributed by atoms with Crippen molar-refractivity contribution >= 4 is 27.5 Å². The number of ether oxygens (including phenoxy) is 2. The molecule has 2 atom stereocenters. The molecule has 2 unspecified atom stereocenters. The lowest BCUT2D eigenvalue weighted by molar-refractivity contribution is -0.125.